The first-order valence-electron chi connectivity index (χ1n) is 3.74. The van der Waals surface area contributed by atoms with Crippen LogP contribution < -0.4 is 0 Å². The number of hydrogen-bond acceptors (Lipinski definition) is 1. The smallest absolute Gasteiger partial charge is 0.116 e. The van der Waals surface area contributed by atoms with Crippen molar-refractivity contribution in [1.29, 1.82) is 0 Å². The van der Waals surface area contributed by atoms with Crippen LogP contribution in [-0.2, 0) is 0 Å². The van der Waals surface area contributed by atoms with Crippen LogP contribution in [0.3, 0.4) is 0 Å². The molecule has 0 radical (unpaired) electrons. The zero-order valence-electron chi connectivity index (χ0n) is 6.59. The van der Waals surface area contributed by atoms with Crippen molar-refractivity contribution in [2.75, 3.05) is 0 Å². The van der Waals surface area contributed by atoms with E-state index in [0.29, 0.717) is 10.0 Å². The highest BCUT2D eigenvalue weighted by atomic mass is 35.5. The first-order valence-corrected chi connectivity index (χ1v) is 4.50. The lowest BCUT2D eigenvalue weighted by molar-refractivity contribution is 0.476. The lowest BCUT2D eigenvalue weighted by atomic mass is 10.1. The van der Waals surface area contributed by atoms with Gasteiger partial charge in [-0.3, -0.25) is 0 Å². The Kier molecular flexibility index (Phi) is 2.06. The molecular weight excluding hydrogens is 207 g/mol. The van der Waals surface area contributed by atoms with Crippen molar-refractivity contribution in [2.24, 2.45) is 0 Å². The van der Waals surface area contributed by atoms with Crippen molar-refractivity contribution >= 4 is 34.0 Å². The number of rotatable bonds is 0. The summed E-state index contributed by atoms with van der Waals surface area (Å²) in [5.41, 5.74) is 0. The number of hydrogen-bond donors (Lipinski definition) is 1. The fourth-order valence-corrected chi connectivity index (χ4v) is 1.85. The summed E-state index contributed by atoms with van der Waals surface area (Å²) in [5.74, 6) is 0.214. The third-order valence-electron chi connectivity index (χ3n) is 1.85. The lowest BCUT2D eigenvalue weighted by Crippen LogP contribution is -1.75. The number of aromatic hydroxyl groups is 1. The summed E-state index contributed by atoms with van der Waals surface area (Å²) < 4.78 is 0. The number of phenolic OH excluding ortho intramolecular Hbond substituents is 1. The molecule has 0 saturated carbocycles. The number of phenols is 1. The van der Waals surface area contributed by atoms with Crippen molar-refractivity contribution < 1.29 is 5.11 Å². The molecule has 0 aliphatic carbocycles. The summed E-state index contributed by atoms with van der Waals surface area (Å²) in [6.45, 7) is 0. The number of fused-ring (bicyclic) bond motifs is 1. The summed E-state index contributed by atoms with van der Waals surface area (Å²) >= 11 is 11.8. The van der Waals surface area contributed by atoms with E-state index in [1.165, 1.54) is 0 Å². The number of benzene rings is 2. The molecule has 0 fully saturated rings. The molecule has 0 aromatic heterocycles. The van der Waals surface area contributed by atoms with Crippen LogP contribution in [0.5, 0.6) is 5.75 Å². The molecule has 1 N–H and O–H groups in total. The Balaban J connectivity index is 2.86. The third kappa shape index (κ3) is 1.58. The van der Waals surface area contributed by atoms with Crippen LogP contribution in [-0.4, -0.2) is 5.11 Å². The topological polar surface area (TPSA) is 20.2 Å². The minimum absolute atomic E-state index is 0.214. The van der Waals surface area contributed by atoms with Gasteiger partial charge in [0.25, 0.3) is 0 Å². The van der Waals surface area contributed by atoms with E-state index in [0.717, 1.165) is 10.8 Å². The Morgan fingerprint density at radius 3 is 2.54 bits per heavy atom. The monoisotopic (exact) mass is 212 g/mol. The molecule has 0 aliphatic heterocycles. The van der Waals surface area contributed by atoms with Crippen molar-refractivity contribution in [3.8, 4) is 5.75 Å². The van der Waals surface area contributed by atoms with Crippen molar-refractivity contribution in [3.05, 3.63) is 40.4 Å². The predicted octanol–water partition coefficient (Wildman–Crippen LogP) is 3.85. The van der Waals surface area contributed by atoms with E-state index in [1.807, 2.05) is 0 Å². The minimum atomic E-state index is 0.214. The van der Waals surface area contributed by atoms with Gasteiger partial charge in [-0.1, -0.05) is 23.2 Å². The molecule has 2 aromatic carbocycles. The number of halogens is 2. The van der Waals surface area contributed by atoms with E-state index in [-0.39, 0.29) is 5.75 Å². The van der Waals surface area contributed by atoms with E-state index in [4.69, 9.17) is 23.2 Å². The quantitative estimate of drug-likeness (QED) is 0.704. The molecule has 2 aromatic rings. The summed E-state index contributed by atoms with van der Waals surface area (Å²) in [6, 6.07) is 8.45. The normalized spacial score (nSPS) is 10.6. The molecule has 0 amide bonds. The Morgan fingerprint density at radius 2 is 1.77 bits per heavy atom. The van der Waals surface area contributed by atoms with Crippen molar-refractivity contribution in [2.45, 2.75) is 0 Å². The van der Waals surface area contributed by atoms with Crippen LogP contribution in [0.4, 0.5) is 0 Å². The lowest BCUT2D eigenvalue weighted by Gasteiger charge is -2.01. The molecule has 0 atom stereocenters. The molecule has 2 rings (SSSR count). The van der Waals surface area contributed by atoms with Gasteiger partial charge in [0, 0.05) is 15.4 Å². The second-order valence-electron chi connectivity index (χ2n) is 2.79. The Morgan fingerprint density at radius 1 is 1.00 bits per heavy atom. The fourth-order valence-electron chi connectivity index (χ4n) is 1.28. The van der Waals surface area contributed by atoms with Crippen LogP contribution in [0.1, 0.15) is 0 Å². The molecule has 0 bridgehead atoms. The zero-order valence-corrected chi connectivity index (χ0v) is 8.10. The molecule has 0 unspecified atom stereocenters. The summed E-state index contributed by atoms with van der Waals surface area (Å²) in [7, 11) is 0. The maximum absolute atomic E-state index is 9.23. The van der Waals surface area contributed by atoms with E-state index in [1.54, 1.807) is 30.3 Å². The van der Waals surface area contributed by atoms with Gasteiger partial charge in [-0.25, -0.2) is 0 Å². The molecular formula is C10H6Cl2O. The first kappa shape index (κ1) is 8.67. The minimum Gasteiger partial charge on any atom is -0.508 e. The highest BCUT2D eigenvalue weighted by Gasteiger charge is 2.01. The van der Waals surface area contributed by atoms with E-state index in [2.05, 4.69) is 0 Å². The standard InChI is InChI=1S/C10H6Cl2O/c11-7-3-6-4-8(13)1-2-9(6)10(12)5-7/h1-5,13H. The second-order valence-corrected chi connectivity index (χ2v) is 3.64. The highest BCUT2D eigenvalue weighted by molar-refractivity contribution is 6.38. The van der Waals surface area contributed by atoms with Gasteiger partial charge in [0.15, 0.2) is 0 Å². The van der Waals surface area contributed by atoms with Gasteiger partial charge >= 0.3 is 0 Å². The zero-order chi connectivity index (χ0) is 9.42. The largest absolute Gasteiger partial charge is 0.508 e. The van der Waals surface area contributed by atoms with Crippen LogP contribution >= 0.6 is 23.2 Å². The summed E-state index contributed by atoms with van der Waals surface area (Å²) in [6.07, 6.45) is 0. The van der Waals surface area contributed by atoms with Gasteiger partial charge in [-0.2, -0.15) is 0 Å². The average molecular weight is 213 g/mol. The van der Waals surface area contributed by atoms with Crippen LogP contribution in [0.15, 0.2) is 30.3 Å². The summed E-state index contributed by atoms with van der Waals surface area (Å²) in [5, 5.41) is 12.1. The molecule has 66 valence electrons. The van der Waals surface area contributed by atoms with Gasteiger partial charge in [-0.15, -0.1) is 0 Å². The van der Waals surface area contributed by atoms with Crippen LogP contribution in [0.25, 0.3) is 10.8 Å². The Labute approximate surface area is 85.5 Å². The molecule has 0 spiro atoms. The van der Waals surface area contributed by atoms with Gasteiger partial charge in [-0.05, 0) is 35.7 Å². The van der Waals surface area contributed by atoms with Gasteiger partial charge < -0.3 is 5.11 Å². The Hall–Kier alpha value is -0.920. The maximum Gasteiger partial charge on any atom is 0.116 e. The van der Waals surface area contributed by atoms with Crippen molar-refractivity contribution in [3.63, 3.8) is 0 Å². The van der Waals surface area contributed by atoms with Crippen LogP contribution in [0.2, 0.25) is 10.0 Å². The SMILES string of the molecule is Oc1ccc2c(Cl)cc(Cl)cc2c1. The summed E-state index contributed by atoms with van der Waals surface area (Å²) in [4.78, 5) is 0. The second kappa shape index (κ2) is 3.09. The fraction of sp³-hybridized carbons (Fsp3) is 0. The highest BCUT2D eigenvalue weighted by Crippen LogP contribution is 2.29. The first-order chi connectivity index (χ1) is 6.16. The molecule has 0 heterocycles. The molecule has 13 heavy (non-hydrogen) atoms. The molecule has 3 heteroatoms. The van der Waals surface area contributed by atoms with E-state index >= 15 is 0 Å². The average Bonchev–Trinajstić information content (AvgIpc) is 2.02. The van der Waals surface area contributed by atoms with E-state index in [9.17, 15) is 5.11 Å². The predicted molar refractivity (Wildman–Crippen MR) is 55.6 cm³/mol. The van der Waals surface area contributed by atoms with Gasteiger partial charge in [0.05, 0.1) is 0 Å². The van der Waals surface area contributed by atoms with Gasteiger partial charge in [0.1, 0.15) is 5.75 Å². The van der Waals surface area contributed by atoms with Gasteiger partial charge in [0.2, 0.25) is 0 Å². The Bertz CT molecular complexity index is 460. The van der Waals surface area contributed by atoms with Crippen LogP contribution in [0, 0.1) is 0 Å². The molecule has 0 aliphatic rings. The van der Waals surface area contributed by atoms with E-state index < -0.39 is 0 Å². The molecule has 0 saturated heterocycles. The van der Waals surface area contributed by atoms with Crippen molar-refractivity contribution in [1.82, 2.24) is 0 Å². The maximum atomic E-state index is 9.23. The third-order valence-corrected chi connectivity index (χ3v) is 2.38. The molecule has 1 nitrogen and oxygen atoms in total.